The SMILES string of the molecule is NC(=O)c1cc(C2CCN(C(=O)c3ccccc3)CC2)[nH]n1. The molecular formula is C16H18N4O2. The fourth-order valence-corrected chi connectivity index (χ4v) is 2.83. The number of carbonyl (C=O) groups is 2. The number of hydrogen-bond donors (Lipinski definition) is 2. The van der Waals surface area contributed by atoms with Crippen molar-refractivity contribution in [2.75, 3.05) is 13.1 Å². The summed E-state index contributed by atoms with van der Waals surface area (Å²) in [6, 6.07) is 11.0. The molecule has 2 aromatic rings. The Hall–Kier alpha value is -2.63. The van der Waals surface area contributed by atoms with Gasteiger partial charge in [-0.3, -0.25) is 14.7 Å². The van der Waals surface area contributed by atoms with Gasteiger partial charge in [0.1, 0.15) is 5.69 Å². The van der Waals surface area contributed by atoms with E-state index in [1.54, 1.807) is 6.07 Å². The normalized spacial score (nSPS) is 15.7. The summed E-state index contributed by atoms with van der Waals surface area (Å²) in [6.45, 7) is 1.40. The van der Waals surface area contributed by atoms with Crippen LogP contribution in [0.4, 0.5) is 0 Å². The fraction of sp³-hybridized carbons (Fsp3) is 0.312. The van der Waals surface area contributed by atoms with E-state index < -0.39 is 5.91 Å². The Bertz CT molecular complexity index is 672. The summed E-state index contributed by atoms with van der Waals surface area (Å²) in [4.78, 5) is 25.3. The smallest absolute Gasteiger partial charge is 0.269 e. The second kappa shape index (κ2) is 6.01. The van der Waals surface area contributed by atoms with Gasteiger partial charge in [0.05, 0.1) is 0 Å². The topological polar surface area (TPSA) is 92.1 Å². The zero-order valence-electron chi connectivity index (χ0n) is 12.2. The molecule has 2 heterocycles. The van der Waals surface area contributed by atoms with E-state index in [1.165, 1.54) is 0 Å². The number of nitrogens with zero attached hydrogens (tertiary/aromatic N) is 2. The Morgan fingerprint density at radius 2 is 1.86 bits per heavy atom. The summed E-state index contributed by atoms with van der Waals surface area (Å²) in [5.74, 6) is -0.180. The molecule has 6 nitrogen and oxygen atoms in total. The highest BCUT2D eigenvalue weighted by atomic mass is 16.2. The number of nitrogens with one attached hydrogen (secondary N) is 1. The summed E-state index contributed by atoms with van der Waals surface area (Å²) in [6.07, 6.45) is 1.69. The van der Waals surface area contributed by atoms with Crippen LogP contribution in [0.3, 0.4) is 0 Å². The number of carbonyl (C=O) groups excluding carboxylic acids is 2. The third kappa shape index (κ3) is 2.86. The van der Waals surface area contributed by atoms with Crippen molar-refractivity contribution in [3.8, 4) is 0 Å². The fourth-order valence-electron chi connectivity index (χ4n) is 2.83. The highest BCUT2D eigenvalue weighted by Gasteiger charge is 2.25. The molecule has 1 fully saturated rings. The number of likely N-dealkylation sites (tertiary alicyclic amines) is 1. The number of hydrogen-bond acceptors (Lipinski definition) is 3. The lowest BCUT2D eigenvalue weighted by Gasteiger charge is -2.31. The van der Waals surface area contributed by atoms with Gasteiger partial charge in [0.25, 0.3) is 11.8 Å². The average Bonchev–Trinajstić information content (AvgIpc) is 3.05. The van der Waals surface area contributed by atoms with Crippen LogP contribution in [0.2, 0.25) is 0 Å². The molecule has 0 saturated carbocycles. The second-order valence-corrected chi connectivity index (χ2v) is 5.51. The Labute approximate surface area is 128 Å². The van der Waals surface area contributed by atoms with Gasteiger partial charge in [-0.15, -0.1) is 0 Å². The van der Waals surface area contributed by atoms with E-state index in [2.05, 4.69) is 10.2 Å². The van der Waals surface area contributed by atoms with Crippen LogP contribution in [-0.2, 0) is 0 Å². The highest BCUT2D eigenvalue weighted by Crippen LogP contribution is 2.27. The summed E-state index contributed by atoms with van der Waals surface area (Å²) in [5.41, 5.74) is 7.11. The molecule has 0 radical (unpaired) electrons. The predicted octanol–water partition coefficient (Wildman–Crippen LogP) is 1.53. The van der Waals surface area contributed by atoms with Gasteiger partial charge in [-0.2, -0.15) is 5.10 Å². The number of aromatic amines is 1. The number of H-pyrrole nitrogens is 1. The molecule has 1 aromatic carbocycles. The Morgan fingerprint density at radius 1 is 1.18 bits per heavy atom. The maximum Gasteiger partial charge on any atom is 0.269 e. The molecule has 3 rings (SSSR count). The van der Waals surface area contributed by atoms with E-state index in [1.807, 2.05) is 35.2 Å². The average molecular weight is 298 g/mol. The third-order valence-corrected chi connectivity index (χ3v) is 4.09. The maximum atomic E-state index is 12.4. The summed E-state index contributed by atoms with van der Waals surface area (Å²) in [5, 5.41) is 6.79. The minimum absolute atomic E-state index is 0.0708. The number of rotatable bonds is 3. The van der Waals surface area contributed by atoms with E-state index in [0.29, 0.717) is 13.1 Å². The maximum absolute atomic E-state index is 12.4. The van der Waals surface area contributed by atoms with Crippen LogP contribution >= 0.6 is 0 Å². The van der Waals surface area contributed by atoms with Crippen molar-refractivity contribution in [2.24, 2.45) is 5.73 Å². The van der Waals surface area contributed by atoms with E-state index in [0.717, 1.165) is 24.1 Å². The van der Waals surface area contributed by atoms with Crippen molar-refractivity contribution in [3.63, 3.8) is 0 Å². The minimum Gasteiger partial charge on any atom is -0.364 e. The molecule has 1 aliphatic rings. The van der Waals surface area contributed by atoms with Gasteiger partial charge in [0.2, 0.25) is 0 Å². The molecule has 6 heteroatoms. The predicted molar refractivity (Wildman–Crippen MR) is 81.4 cm³/mol. The van der Waals surface area contributed by atoms with Crippen molar-refractivity contribution < 1.29 is 9.59 Å². The van der Waals surface area contributed by atoms with E-state index in [-0.39, 0.29) is 17.5 Å². The molecule has 0 atom stereocenters. The molecule has 114 valence electrons. The molecule has 22 heavy (non-hydrogen) atoms. The van der Waals surface area contributed by atoms with Crippen LogP contribution in [0.15, 0.2) is 36.4 Å². The molecule has 2 amide bonds. The molecule has 1 saturated heterocycles. The van der Waals surface area contributed by atoms with Crippen molar-refractivity contribution in [1.29, 1.82) is 0 Å². The molecule has 3 N–H and O–H groups in total. The largest absolute Gasteiger partial charge is 0.364 e. The first-order valence-electron chi connectivity index (χ1n) is 7.34. The number of amides is 2. The van der Waals surface area contributed by atoms with Gasteiger partial charge in [0, 0.05) is 30.3 Å². The monoisotopic (exact) mass is 298 g/mol. The van der Waals surface area contributed by atoms with Gasteiger partial charge < -0.3 is 10.6 Å². The van der Waals surface area contributed by atoms with Crippen molar-refractivity contribution in [2.45, 2.75) is 18.8 Å². The lowest BCUT2D eigenvalue weighted by molar-refractivity contribution is 0.0712. The van der Waals surface area contributed by atoms with E-state index >= 15 is 0 Å². The first kappa shape index (κ1) is 14.3. The van der Waals surface area contributed by atoms with Crippen LogP contribution in [0.5, 0.6) is 0 Å². The zero-order valence-corrected chi connectivity index (χ0v) is 12.2. The van der Waals surface area contributed by atoms with Crippen LogP contribution in [0.1, 0.15) is 45.3 Å². The van der Waals surface area contributed by atoms with Gasteiger partial charge in [0.15, 0.2) is 0 Å². The Kier molecular flexibility index (Phi) is 3.91. The minimum atomic E-state index is -0.529. The van der Waals surface area contributed by atoms with Gasteiger partial charge in [-0.1, -0.05) is 18.2 Å². The molecular weight excluding hydrogens is 280 g/mol. The van der Waals surface area contributed by atoms with Crippen LogP contribution < -0.4 is 5.73 Å². The van der Waals surface area contributed by atoms with Crippen LogP contribution in [0.25, 0.3) is 0 Å². The molecule has 1 aromatic heterocycles. The number of nitrogens with two attached hydrogens (primary N) is 1. The van der Waals surface area contributed by atoms with E-state index in [4.69, 9.17) is 5.73 Å². The molecule has 1 aliphatic heterocycles. The molecule has 0 unspecified atom stereocenters. The summed E-state index contributed by atoms with van der Waals surface area (Å²) >= 11 is 0. The van der Waals surface area contributed by atoms with Gasteiger partial charge in [-0.05, 0) is 31.0 Å². The number of piperidine rings is 1. The van der Waals surface area contributed by atoms with Crippen LogP contribution in [-0.4, -0.2) is 40.0 Å². The molecule has 0 spiro atoms. The standard InChI is InChI=1S/C16H18N4O2/c17-15(21)14-10-13(18-19-14)11-6-8-20(9-7-11)16(22)12-4-2-1-3-5-12/h1-5,10-11H,6-9H2,(H2,17,21)(H,18,19). The zero-order chi connectivity index (χ0) is 15.5. The van der Waals surface area contributed by atoms with E-state index in [9.17, 15) is 9.59 Å². The van der Waals surface area contributed by atoms with Gasteiger partial charge >= 0.3 is 0 Å². The lowest BCUT2D eigenvalue weighted by atomic mass is 9.93. The molecule has 0 aliphatic carbocycles. The third-order valence-electron chi connectivity index (χ3n) is 4.09. The number of aromatic nitrogens is 2. The summed E-state index contributed by atoms with van der Waals surface area (Å²) < 4.78 is 0. The lowest BCUT2D eigenvalue weighted by Crippen LogP contribution is -2.37. The Balaban J connectivity index is 1.62. The Morgan fingerprint density at radius 3 is 2.45 bits per heavy atom. The van der Waals surface area contributed by atoms with Crippen molar-refractivity contribution in [3.05, 3.63) is 53.3 Å². The van der Waals surface area contributed by atoms with Gasteiger partial charge in [-0.25, -0.2) is 0 Å². The molecule has 0 bridgehead atoms. The van der Waals surface area contributed by atoms with Crippen molar-refractivity contribution in [1.82, 2.24) is 15.1 Å². The number of benzene rings is 1. The number of primary amides is 1. The quantitative estimate of drug-likeness (QED) is 0.900. The van der Waals surface area contributed by atoms with Crippen LogP contribution in [0, 0.1) is 0 Å². The first-order valence-corrected chi connectivity index (χ1v) is 7.34. The highest BCUT2D eigenvalue weighted by molar-refractivity contribution is 5.94. The first-order chi connectivity index (χ1) is 10.6. The van der Waals surface area contributed by atoms with Crippen molar-refractivity contribution >= 4 is 11.8 Å². The summed E-state index contributed by atoms with van der Waals surface area (Å²) in [7, 11) is 0. The second-order valence-electron chi connectivity index (χ2n) is 5.51.